The van der Waals surface area contributed by atoms with E-state index in [1.807, 2.05) is 23.9 Å². The Kier molecular flexibility index (Phi) is 4.38. The molecule has 0 fully saturated rings. The summed E-state index contributed by atoms with van der Waals surface area (Å²) in [6, 6.07) is 16.6. The highest BCUT2D eigenvalue weighted by Gasteiger charge is 2.16. The van der Waals surface area contributed by atoms with Crippen LogP contribution in [0.2, 0.25) is 5.02 Å². The number of fused-ring (bicyclic) bond motifs is 1. The van der Waals surface area contributed by atoms with Gasteiger partial charge in [-0.15, -0.1) is 11.8 Å². The Bertz CT molecular complexity index is 571. The second-order valence-electron chi connectivity index (χ2n) is 4.77. The predicted molar refractivity (Wildman–Crippen MR) is 89.1 cm³/mol. The molecule has 0 saturated heterocycles. The van der Waals surface area contributed by atoms with Gasteiger partial charge in [0.15, 0.2) is 0 Å². The largest absolute Gasteiger partial charge is 0.366 e. The first-order valence-electron chi connectivity index (χ1n) is 6.79. The molecule has 0 saturated carbocycles. The lowest BCUT2D eigenvalue weighted by atomic mass is 10.2. The van der Waals surface area contributed by atoms with Crippen LogP contribution in [0.25, 0.3) is 0 Å². The summed E-state index contributed by atoms with van der Waals surface area (Å²) in [5, 5.41) is 4.22. The van der Waals surface area contributed by atoms with Crippen molar-refractivity contribution in [1.29, 1.82) is 0 Å². The van der Waals surface area contributed by atoms with Crippen molar-refractivity contribution in [1.82, 2.24) is 0 Å². The molecule has 0 bridgehead atoms. The molecule has 1 aliphatic heterocycles. The van der Waals surface area contributed by atoms with Crippen molar-refractivity contribution >= 4 is 34.7 Å². The fraction of sp³-hybridized carbons (Fsp3) is 0.250. The topological polar surface area (TPSA) is 15.3 Å². The van der Waals surface area contributed by atoms with Gasteiger partial charge in [-0.25, -0.2) is 0 Å². The molecule has 0 atom stereocenters. The molecule has 104 valence electrons. The van der Waals surface area contributed by atoms with E-state index in [9.17, 15) is 0 Å². The van der Waals surface area contributed by atoms with E-state index in [4.69, 9.17) is 11.6 Å². The first kappa shape index (κ1) is 13.7. The molecule has 0 radical (unpaired) electrons. The maximum Gasteiger partial charge on any atom is 0.0877 e. The average Bonchev–Trinajstić information content (AvgIpc) is 2.89. The molecule has 20 heavy (non-hydrogen) atoms. The second-order valence-corrected chi connectivity index (χ2v) is 6.38. The summed E-state index contributed by atoms with van der Waals surface area (Å²) < 4.78 is 0. The number of halogens is 1. The lowest BCUT2D eigenvalue weighted by Gasteiger charge is -2.17. The minimum atomic E-state index is 0.800. The number of benzene rings is 2. The molecule has 0 amide bonds. The minimum Gasteiger partial charge on any atom is -0.366 e. The van der Waals surface area contributed by atoms with Crippen LogP contribution in [0.4, 0.5) is 11.4 Å². The van der Waals surface area contributed by atoms with Gasteiger partial charge in [-0.1, -0.05) is 23.7 Å². The summed E-state index contributed by atoms with van der Waals surface area (Å²) in [5.41, 5.74) is 2.57. The van der Waals surface area contributed by atoms with Crippen molar-refractivity contribution in [3.63, 3.8) is 0 Å². The summed E-state index contributed by atoms with van der Waals surface area (Å²) in [7, 11) is 0. The van der Waals surface area contributed by atoms with E-state index in [1.54, 1.807) is 0 Å². The molecule has 2 aromatic carbocycles. The quantitative estimate of drug-likeness (QED) is 0.636. The van der Waals surface area contributed by atoms with Crippen LogP contribution in [0, 0.1) is 0 Å². The molecule has 1 aliphatic rings. The minimum absolute atomic E-state index is 0.800. The lowest BCUT2D eigenvalue weighted by molar-refractivity contribution is 0.826. The van der Waals surface area contributed by atoms with Gasteiger partial charge in [0.2, 0.25) is 0 Å². The zero-order chi connectivity index (χ0) is 13.8. The Balaban J connectivity index is 1.46. The molecular weight excluding hydrogens is 288 g/mol. The van der Waals surface area contributed by atoms with Gasteiger partial charge in [0.25, 0.3) is 0 Å². The van der Waals surface area contributed by atoms with Crippen LogP contribution in [-0.2, 0) is 0 Å². The summed E-state index contributed by atoms with van der Waals surface area (Å²) in [6.45, 7) is 2.01. The Morgan fingerprint density at radius 3 is 2.75 bits per heavy atom. The lowest BCUT2D eigenvalue weighted by Crippen LogP contribution is -2.24. The number of thioether (sulfide) groups is 1. The summed E-state index contributed by atoms with van der Waals surface area (Å²) in [4.78, 5) is 3.69. The number of hydrogen-bond acceptors (Lipinski definition) is 3. The van der Waals surface area contributed by atoms with Crippen molar-refractivity contribution < 1.29 is 0 Å². The van der Waals surface area contributed by atoms with Crippen LogP contribution >= 0.6 is 23.4 Å². The molecule has 4 heteroatoms. The highest BCUT2D eigenvalue weighted by molar-refractivity contribution is 7.99. The van der Waals surface area contributed by atoms with E-state index in [0.29, 0.717) is 0 Å². The third-order valence-electron chi connectivity index (χ3n) is 3.36. The average molecular weight is 305 g/mol. The highest BCUT2D eigenvalue weighted by Crippen LogP contribution is 2.30. The number of rotatable bonds is 5. The summed E-state index contributed by atoms with van der Waals surface area (Å²) in [5.74, 6) is 1.13. The monoisotopic (exact) mass is 304 g/mol. The van der Waals surface area contributed by atoms with E-state index >= 15 is 0 Å². The third-order valence-corrected chi connectivity index (χ3v) is 4.71. The van der Waals surface area contributed by atoms with Gasteiger partial charge in [-0.2, -0.15) is 0 Å². The molecule has 3 rings (SSSR count). The van der Waals surface area contributed by atoms with Crippen molar-refractivity contribution in [2.45, 2.75) is 11.3 Å². The number of hydrogen-bond donors (Lipinski definition) is 1. The predicted octanol–water partition coefficient (Wildman–Crippen LogP) is 4.71. The summed E-state index contributed by atoms with van der Waals surface area (Å²) >= 11 is 7.77. The van der Waals surface area contributed by atoms with E-state index in [-0.39, 0.29) is 0 Å². The standard InChI is InChI=1S/C16H17ClN2S/c17-13-6-8-14(9-7-13)20-11-3-10-19-12-18-15-4-1-2-5-16(15)19/h1-2,4-9,18H,3,10-12H2. The molecule has 0 aliphatic carbocycles. The molecule has 0 aromatic heterocycles. The first-order valence-corrected chi connectivity index (χ1v) is 8.15. The van der Waals surface area contributed by atoms with Crippen molar-refractivity contribution in [3.05, 3.63) is 53.6 Å². The molecule has 2 nitrogen and oxygen atoms in total. The van der Waals surface area contributed by atoms with Crippen molar-refractivity contribution in [3.8, 4) is 0 Å². The summed E-state index contributed by atoms with van der Waals surface area (Å²) in [6.07, 6.45) is 1.17. The molecular formula is C16H17ClN2S. The Hall–Kier alpha value is -1.32. The fourth-order valence-electron chi connectivity index (χ4n) is 2.34. The molecule has 1 N–H and O–H groups in total. The van der Waals surface area contributed by atoms with Gasteiger partial charge in [0.05, 0.1) is 18.0 Å². The van der Waals surface area contributed by atoms with Crippen molar-refractivity contribution in [2.24, 2.45) is 0 Å². The number of para-hydroxylation sites is 2. The van der Waals surface area contributed by atoms with Gasteiger partial charge >= 0.3 is 0 Å². The second kappa shape index (κ2) is 6.42. The van der Waals surface area contributed by atoms with Crippen LogP contribution in [0.1, 0.15) is 6.42 Å². The van der Waals surface area contributed by atoms with Gasteiger partial charge in [0, 0.05) is 16.5 Å². The maximum atomic E-state index is 5.88. The zero-order valence-corrected chi connectivity index (χ0v) is 12.8. The fourth-order valence-corrected chi connectivity index (χ4v) is 3.30. The van der Waals surface area contributed by atoms with Crippen LogP contribution in [0.5, 0.6) is 0 Å². The van der Waals surface area contributed by atoms with Gasteiger partial charge in [-0.05, 0) is 48.6 Å². The zero-order valence-electron chi connectivity index (χ0n) is 11.2. The van der Waals surface area contributed by atoms with Gasteiger partial charge < -0.3 is 10.2 Å². The molecule has 1 heterocycles. The Morgan fingerprint density at radius 1 is 1.10 bits per heavy atom. The maximum absolute atomic E-state index is 5.88. The van der Waals surface area contributed by atoms with E-state index in [1.165, 1.54) is 22.7 Å². The highest BCUT2D eigenvalue weighted by atomic mass is 35.5. The first-order chi connectivity index (χ1) is 9.83. The van der Waals surface area contributed by atoms with Crippen molar-refractivity contribution in [2.75, 3.05) is 29.2 Å². The van der Waals surface area contributed by atoms with Crippen LogP contribution in [0.3, 0.4) is 0 Å². The molecule has 0 spiro atoms. The SMILES string of the molecule is Clc1ccc(SCCCN2CNc3ccccc32)cc1. The Labute approximate surface area is 129 Å². The van der Waals surface area contributed by atoms with Gasteiger partial charge in [-0.3, -0.25) is 0 Å². The van der Waals surface area contributed by atoms with E-state index in [2.05, 4.69) is 46.6 Å². The van der Waals surface area contributed by atoms with Crippen LogP contribution in [-0.4, -0.2) is 19.0 Å². The molecule has 2 aromatic rings. The van der Waals surface area contributed by atoms with Crippen LogP contribution < -0.4 is 10.2 Å². The number of nitrogens with one attached hydrogen (secondary N) is 1. The van der Waals surface area contributed by atoms with Gasteiger partial charge in [0.1, 0.15) is 0 Å². The van der Waals surface area contributed by atoms with E-state index in [0.717, 1.165) is 24.0 Å². The van der Waals surface area contributed by atoms with Crippen LogP contribution in [0.15, 0.2) is 53.4 Å². The van der Waals surface area contributed by atoms with E-state index < -0.39 is 0 Å². The molecule has 0 unspecified atom stereocenters. The normalized spacial score (nSPS) is 13.2. The number of anilines is 2. The Morgan fingerprint density at radius 2 is 1.90 bits per heavy atom. The third kappa shape index (κ3) is 3.22. The number of nitrogens with zero attached hydrogens (tertiary/aromatic N) is 1. The smallest absolute Gasteiger partial charge is 0.0877 e.